The van der Waals surface area contributed by atoms with Crippen LogP contribution in [0.15, 0.2) is 23.3 Å². The minimum Gasteiger partial charge on any atom is -0.493 e. The van der Waals surface area contributed by atoms with Crippen molar-refractivity contribution in [2.45, 2.75) is 38.0 Å². The van der Waals surface area contributed by atoms with Gasteiger partial charge in [-0.2, -0.15) is 5.10 Å². The monoisotopic (exact) mass is 359 g/mol. The van der Waals surface area contributed by atoms with Crippen molar-refractivity contribution in [3.8, 4) is 11.5 Å². The Hall–Kier alpha value is -2.57. The van der Waals surface area contributed by atoms with Crippen LogP contribution in [0.4, 0.5) is 0 Å². The Balaban J connectivity index is 1.58. The number of hydrogen-bond donors (Lipinski definition) is 1. The molecule has 0 spiro atoms. The predicted octanol–water partition coefficient (Wildman–Crippen LogP) is 2.07. The first-order valence-corrected chi connectivity index (χ1v) is 8.95. The molecule has 2 amide bonds. The van der Waals surface area contributed by atoms with E-state index in [1.807, 2.05) is 23.1 Å². The van der Waals surface area contributed by atoms with Gasteiger partial charge in [0.15, 0.2) is 11.5 Å². The van der Waals surface area contributed by atoms with Crippen LogP contribution in [0.5, 0.6) is 11.5 Å². The number of hydrazone groups is 1. The summed E-state index contributed by atoms with van der Waals surface area (Å²) in [5, 5.41) is 4.03. The lowest BCUT2D eigenvalue weighted by molar-refractivity contribution is -0.130. The Labute approximate surface area is 153 Å². The molecule has 2 aliphatic rings. The van der Waals surface area contributed by atoms with E-state index in [2.05, 4.69) is 10.5 Å². The first-order chi connectivity index (χ1) is 12.6. The third kappa shape index (κ3) is 3.98. The summed E-state index contributed by atoms with van der Waals surface area (Å²) in [5.41, 5.74) is 4.45. The van der Waals surface area contributed by atoms with Crippen LogP contribution in [0, 0.1) is 0 Å². The molecule has 1 aromatic rings. The van der Waals surface area contributed by atoms with Crippen LogP contribution in [-0.2, 0) is 9.59 Å². The molecule has 1 aromatic carbocycles. The van der Waals surface area contributed by atoms with Gasteiger partial charge in [0, 0.05) is 43.1 Å². The average Bonchev–Trinajstić information content (AvgIpc) is 3.16. The maximum absolute atomic E-state index is 12.5. The molecule has 26 heavy (non-hydrogen) atoms. The van der Waals surface area contributed by atoms with E-state index in [0.717, 1.165) is 30.0 Å². The highest BCUT2D eigenvalue weighted by atomic mass is 16.5. The number of nitrogens with zero attached hydrogens (tertiary/aromatic N) is 2. The molecule has 1 unspecified atom stereocenters. The van der Waals surface area contributed by atoms with Gasteiger partial charge < -0.3 is 14.4 Å². The van der Waals surface area contributed by atoms with Gasteiger partial charge in [-0.15, -0.1) is 0 Å². The number of rotatable bonds is 6. The molecular formula is C19H25N3O4. The summed E-state index contributed by atoms with van der Waals surface area (Å²) >= 11 is 0. The third-order valence-electron chi connectivity index (χ3n) is 5.02. The van der Waals surface area contributed by atoms with Crippen LogP contribution in [0.1, 0.15) is 43.6 Å². The van der Waals surface area contributed by atoms with Crippen LogP contribution in [0.3, 0.4) is 0 Å². The van der Waals surface area contributed by atoms with Gasteiger partial charge in [0.25, 0.3) is 0 Å². The molecule has 0 aliphatic carbocycles. The molecule has 1 atom stereocenters. The fourth-order valence-electron chi connectivity index (χ4n) is 3.58. The Morgan fingerprint density at radius 1 is 1.31 bits per heavy atom. The van der Waals surface area contributed by atoms with Crippen molar-refractivity contribution in [3.05, 3.63) is 23.8 Å². The van der Waals surface area contributed by atoms with Gasteiger partial charge in [0.05, 0.1) is 14.2 Å². The van der Waals surface area contributed by atoms with Crippen LogP contribution >= 0.6 is 0 Å². The summed E-state index contributed by atoms with van der Waals surface area (Å²) in [5.74, 6) is 1.78. The van der Waals surface area contributed by atoms with E-state index in [0.29, 0.717) is 38.0 Å². The standard InChI is InChI=1S/C19H25N3O4/c1-25-16-5-3-4-15(19(16)26-2)13-10-11-22(12-13)18(24)9-7-14-6-8-17(23)21-20-14/h3-5,13H,6-12H2,1-2H3,(H,21,23). The minimum absolute atomic E-state index is 0.0605. The van der Waals surface area contributed by atoms with Crippen molar-refractivity contribution in [2.24, 2.45) is 5.10 Å². The van der Waals surface area contributed by atoms with E-state index < -0.39 is 0 Å². The number of carbonyl (C=O) groups is 2. The van der Waals surface area contributed by atoms with Gasteiger partial charge in [0.1, 0.15) is 0 Å². The largest absolute Gasteiger partial charge is 0.493 e. The Morgan fingerprint density at radius 2 is 2.15 bits per heavy atom. The van der Waals surface area contributed by atoms with Gasteiger partial charge >= 0.3 is 0 Å². The second-order valence-corrected chi connectivity index (χ2v) is 6.62. The van der Waals surface area contributed by atoms with E-state index in [1.54, 1.807) is 14.2 Å². The van der Waals surface area contributed by atoms with Crippen molar-refractivity contribution in [3.63, 3.8) is 0 Å². The summed E-state index contributed by atoms with van der Waals surface area (Å²) in [7, 11) is 3.27. The first-order valence-electron chi connectivity index (χ1n) is 8.95. The Kier molecular flexibility index (Phi) is 5.75. The molecule has 2 heterocycles. The van der Waals surface area contributed by atoms with Crippen molar-refractivity contribution in [2.75, 3.05) is 27.3 Å². The Morgan fingerprint density at radius 3 is 2.85 bits per heavy atom. The van der Waals surface area contributed by atoms with Crippen LogP contribution in [0.2, 0.25) is 0 Å². The zero-order valence-corrected chi connectivity index (χ0v) is 15.3. The molecule has 0 aromatic heterocycles. The van der Waals surface area contributed by atoms with Crippen molar-refractivity contribution >= 4 is 17.5 Å². The average molecular weight is 359 g/mol. The van der Waals surface area contributed by atoms with Crippen LogP contribution in [0.25, 0.3) is 0 Å². The number of carbonyl (C=O) groups excluding carboxylic acids is 2. The zero-order chi connectivity index (χ0) is 18.5. The lowest BCUT2D eigenvalue weighted by Crippen LogP contribution is -2.30. The van der Waals surface area contributed by atoms with Gasteiger partial charge in [-0.25, -0.2) is 5.43 Å². The number of para-hydroxylation sites is 1. The number of methoxy groups -OCH3 is 2. The van der Waals surface area contributed by atoms with Gasteiger partial charge in [-0.1, -0.05) is 12.1 Å². The summed E-state index contributed by atoms with van der Waals surface area (Å²) in [4.78, 5) is 25.6. The lowest BCUT2D eigenvalue weighted by atomic mass is 9.97. The highest BCUT2D eigenvalue weighted by Crippen LogP contribution is 2.39. The van der Waals surface area contributed by atoms with Gasteiger partial charge in [-0.05, 0) is 25.3 Å². The summed E-state index contributed by atoms with van der Waals surface area (Å²) in [6.07, 6.45) is 3.03. The molecular weight excluding hydrogens is 334 g/mol. The maximum atomic E-state index is 12.5. The lowest BCUT2D eigenvalue weighted by Gasteiger charge is -2.19. The zero-order valence-electron chi connectivity index (χ0n) is 15.3. The fourth-order valence-corrected chi connectivity index (χ4v) is 3.58. The third-order valence-corrected chi connectivity index (χ3v) is 5.02. The smallest absolute Gasteiger partial charge is 0.240 e. The molecule has 1 fully saturated rings. The highest BCUT2D eigenvalue weighted by Gasteiger charge is 2.30. The van der Waals surface area contributed by atoms with Crippen molar-refractivity contribution in [1.29, 1.82) is 0 Å². The number of nitrogens with one attached hydrogen (secondary N) is 1. The molecule has 0 saturated carbocycles. The van der Waals surface area contributed by atoms with Crippen molar-refractivity contribution in [1.82, 2.24) is 10.3 Å². The van der Waals surface area contributed by atoms with E-state index in [9.17, 15) is 9.59 Å². The predicted molar refractivity (Wildman–Crippen MR) is 97.5 cm³/mol. The summed E-state index contributed by atoms with van der Waals surface area (Å²) in [6.45, 7) is 1.43. The second-order valence-electron chi connectivity index (χ2n) is 6.62. The van der Waals surface area contributed by atoms with Gasteiger partial charge in [-0.3, -0.25) is 9.59 Å². The first kappa shape index (κ1) is 18.2. The van der Waals surface area contributed by atoms with E-state index in [-0.39, 0.29) is 17.7 Å². The number of ether oxygens (including phenoxy) is 2. The normalized spacial score (nSPS) is 19.8. The molecule has 3 rings (SSSR count). The number of hydrogen-bond acceptors (Lipinski definition) is 5. The molecule has 7 heteroatoms. The van der Waals surface area contributed by atoms with Crippen molar-refractivity contribution < 1.29 is 19.1 Å². The van der Waals surface area contributed by atoms with Crippen LogP contribution < -0.4 is 14.9 Å². The maximum Gasteiger partial charge on any atom is 0.240 e. The number of likely N-dealkylation sites (tertiary alicyclic amines) is 1. The molecule has 1 N–H and O–H groups in total. The quantitative estimate of drug-likeness (QED) is 0.843. The molecule has 1 saturated heterocycles. The summed E-state index contributed by atoms with van der Waals surface area (Å²) < 4.78 is 10.9. The molecule has 2 aliphatic heterocycles. The van der Waals surface area contributed by atoms with Gasteiger partial charge in [0.2, 0.25) is 11.8 Å². The SMILES string of the molecule is COc1cccc(C2CCN(C(=O)CCC3=NNC(=O)CC3)C2)c1OC. The van der Waals surface area contributed by atoms with E-state index >= 15 is 0 Å². The number of benzene rings is 1. The molecule has 7 nitrogen and oxygen atoms in total. The second kappa shape index (κ2) is 8.21. The van der Waals surface area contributed by atoms with Crippen LogP contribution in [-0.4, -0.2) is 49.7 Å². The Bertz CT molecular complexity index is 717. The van der Waals surface area contributed by atoms with E-state index in [1.165, 1.54) is 0 Å². The summed E-state index contributed by atoms with van der Waals surface area (Å²) in [6, 6.07) is 5.87. The molecule has 0 radical (unpaired) electrons. The fraction of sp³-hybridized carbons (Fsp3) is 0.526. The highest BCUT2D eigenvalue weighted by molar-refractivity contribution is 5.94. The number of amides is 2. The topological polar surface area (TPSA) is 80.2 Å². The molecule has 0 bridgehead atoms. The minimum atomic E-state index is -0.0605. The van der Waals surface area contributed by atoms with E-state index in [4.69, 9.17) is 9.47 Å². The molecule has 140 valence electrons.